The molecule has 4 rings (SSSR count). The third-order valence-electron chi connectivity index (χ3n) is 5.70. The van der Waals surface area contributed by atoms with Crippen LogP contribution in [-0.4, -0.2) is 80.9 Å². The Bertz CT molecular complexity index is 1400. The van der Waals surface area contributed by atoms with Crippen LogP contribution < -0.4 is 27.4 Å². The number of alkyl halides is 1. The Morgan fingerprint density at radius 3 is 2.90 bits per heavy atom. The van der Waals surface area contributed by atoms with Crippen LogP contribution in [0.25, 0.3) is 16.7 Å². The monoisotopic (exact) mass is 562 g/mol. The Labute approximate surface area is 226 Å². The smallest absolute Gasteiger partial charge is 0.260 e. The lowest BCUT2D eigenvalue weighted by atomic mass is 10.1. The number of nitrogen functional groups attached to an aromatic ring is 1. The Morgan fingerprint density at radius 1 is 1.38 bits per heavy atom. The van der Waals surface area contributed by atoms with E-state index in [1.165, 1.54) is 40.2 Å². The van der Waals surface area contributed by atoms with E-state index in [0.29, 0.717) is 22.4 Å². The van der Waals surface area contributed by atoms with Crippen molar-refractivity contribution >= 4 is 57.4 Å². The number of benzene rings is 1. The number of hydrogen-bond donors (Lipinski definition) is 6. The summed E-state index contributed by atoms with van der Waals surface area (Å²) in [6, 6.07) is 6.18. The lowest BCUT2D eigenvalue weighted by Crippen LogP contribution is -2.55. The first-order valence-corrected chi connectivity index (χ1v) is 12.1. The van der Waals surface area contributed by atoms with Crippen LogP contribution in [0.1, 0.15) is 0 Å². The van der Waals surface area contributed by atoms with Crippen molar-refractivity contribution in [1.82, 2.24) is 14.9 Å². The van der Waals surface area contributed by atoms with E-state index in [-0.39, 0.29) is 43.2 Å². The predicted molar refractivity (Wildman–Crippen MR) is 141 cm³/mol. The highest BCUT2D eigenvalue weighted by atomic mass is 35.5. The minimum atomic E-state index is -1.82. The molecule has 1 fully saturated rings. The number of nitrogens with zero attached hydrogens (tertiary/aromatic N) is 4. The number of carbonyl (C=O) groups excluding carboxylic acids is 2. The molecule has 3 heterocycles. The number of amides is 2. The molecule has 3 atom stereocenters. The van der Waals surface area contributed by atoms with Crippen LogP contribution in [-0.2, 0) is 19.1 Å². The second-order valence-electron chi connectivity index (χ2n) is 8.33. The van der Waals surface area contributed by atoms with Crippen molar-refractivity contribution in [3.63, 3.8) is 0 Å². The van der Waals surface area contributed by atoms with Gasteiger partial charge in [0.25, 0.3) is 11.8 Å². The number of allylic oxidation sites excluding steroid dienone is 2. The number of rotatable bonds is 10. The molecule has 39 heavy (non-hydrogen) atoms. The van der Waals surface area contributed by atoms with Crippen molar-refractivity contribution in [2.75, 3.05) is 41.6 Å². The number of fused-ring (bicyclic) bond motifs is 1. The number of morpholine rings is 1. The zero-order valence-electron chi connectivity index (χ0n) is 20.4. The van der Waals surface area contributed by atoms with Crippen molar-refractivity contribution < 1.29 is 33.8 Å². The lowest BCUT2D eigenvalue weighted by Gasteiger charge is -2.32. The zero-order valence-corrected chi connectivity index (χ0v) is 21.2. The second kappa shape index (κ2) is 12.0. The van der Waals surface area contributed by atoms with Gasteiger partial charge in [0.2, 0.25) is 0 Å². The van der Waals surface area contributed by atoms with Gasteiger partial charge in [0.05, 0.1) is 36.7 Å². The standard InChI is InChI=1S/C23H27ClN8O7/c24-9-14(11-33)38-17(26)8-13(10-25)32-4-3-18(29-32)31-5-6-37-20(23(31)36)19(34)22(35)28-12-1-2-15-16(7-12)39-30-21(15)27/h1-4,7-8,10,14,19-20,33-34H,5-6,9,11,25-26H2,(H2,27,30)(H,28,35)/b13-10+,17-8+. The predicted octanol–water partition coefficient (Wildman–Crippen LogP) is -0.489. The normalized spacial score (nSPS) is 18.3. The first-order chi connectivity index (χ1) is 18.7. The van der Waals surface area contributed by atoms with Crippen LogP contribution in [0.4, 0.5) is 17.3 Å². The Balaban J connectivity index is 1.44. The van der Waals surface area contributed by atoms with Crippen molar-refractivity contribution in [1.29, 1.82) is 0 Å². The van der Waals surface area contributed by atoms with Crippen molar-refractivity contribution in [2.45, 2.75) is 18.3 Å². The number of aromatic nitrogens is 3. The molecule has 0 aliphatic carbocycles. The van der Waals surface area contributed by atoms with Gasteiger partial charge in [-0.15, -0.1) is 16.7 Å². The van der Waals surface area contributed by atoms with E-state index in [2.05, 4.69) is 15.6 Å². The molecule has 15 nitrogen and oxygen atoms in total. The van der Waals surface area contributed by atoms with Crippen LogP contribution in [0.15, 0.2) is 53.1 Å². The Hall–Kier alpha value is -4.31. The fourth-order valence-electron chi connectivity index (χ4n) is 3.73. The summed E-state index contributed by atoms with van der Waals surface area (Å²) in [6.45, 7) is -0.166. The molecular formula is C23H27ClN8O7. The maximum absolute atomic E-state index is 13.2. The maximum Gasteiger partial charge on any atom is 0.260 e. The quantitative estimate of drug-likeness (QED) is 0.104. The molecule has 1 aliphatic heterocycles. The molecule has 0 radical (unpaired) electrons. The van der Waals surface area contributed by atoms with E-state index in [9.17, 15) is 19.8 Å². The average Bonchev–Trinajstić information content (AvgIpc) is 3.57. The minimum Gasteiger partial charge on any atom is -0.472 e. The van der Waals surface area contributed by atoms with Gasteiger partial charge in [0, 0.05) is 36.3 Å². The topological polar surface area (TPSA) is 230 Å². The van der Waals surface area contributed by atoms with Gasteiger partial charge in [-0.1, -0.05) is 5.16 Å². The summed E-state index contributed by atoms with van der Waals surface area (Å²) in [5, 5.41) is 30.9. The molecule has 9 N–H and O–H groups in total. The molecule has 208 valence electrons. The van der Waals surface area contributed by atoms with Gasteiger partial charge in [-0.05, 0) is 12.1 Å². The van der Waals surface area contributed by atoms with Crippen LogP contribution >= 0.6 is 11.6 Å². The largest absolute Gasteiger partial charge is 0.472 e. The number of aliphatic hydroxyl groups excluding tert-OH is 2. The van der Waals surface area contributed by atoms with Crippen molar-refractivity contribution in [2.24, 2.45) is 11.5 Å². The number of aliphatic hydroxyl groups is 2. The molecule has 3 unspecified atom stereocenters. The summed E-state index contributed by atoms with van der Waals surface area (Å²) in [7, 11) is 0. The van der Waals surface area contributed by atoms with E-state index < -0.39 is 30.1 Å². The fourth-order valence-corrected chi connectivity index (χ4v) is 3.89. The zero-order chi connectivity index (χ0) is 28.1. The number of halogens is 1. The summed E-state index contributed by atoms with van der Waals surface area (Å²) in [4.78, 5) is 27.2. The summed E-state index contributed by atoms with van der Waals surface area (Å²) < 4.78 is 17.2. The highest BCUT2D eigenvalue weighted by molar-refractivity contribution is 6.18. The molecule has 0 spiro atoms. The van der Waals surface area contributed by atoms with Gasteiger partial charge in [0.1, 0.15) is 6.10 Å². The first kappa shape index (κ1) is 27.7. The summed E-state index contributed by atoms with van der Waals surface area (Å²) in [5.74, 6) is -1.15. The minimum absolute atomic E-state index is 0.0225. The van der Waals surface area contributed by atoms with Crippen LogP contribution in [0.5, 0.6) is 0 Å². The summed E-state index contributed by atoms with van der Waals surface area (Å²) in [5.41, 5.74) is 18.2. The van der Waals surface area contributed by atoms with Gasteiger partial charge >= 0.3 is 0 Å². The molecule has 1 aromatic carbocycles. The summed E-state index contributed by atoms with van der Waals surface area (Å²) >= 11 is 5.69. The van der Waals surface area contributed by atoms with Gasteiger partial charge in [0.15, 0.2) is 35.3 Å². The van der Waals surface area contributed by atoms with Crippen molar-refractivity contribution in [3.05, 3.63) is 48.6 Å². The van der Waals surface area contributed by atoms with Crippen LogP contribution in [0, 0.1) is 0 Å². The van der Waals surface area contributed by atoms with E-state index in [0.717, 1.165) is 0 Å². The lowest BCUT2D eigenvalue weighted by molar-refractivity contribution is -0.150. The third kappa shape index (κ3) is 6.06. The molecule has 0 bridgehead atoms. The second-order valence-corrected chi connectivity index (χ2v) is 8.64. The number of hydrogen-bond acceptors (Lipinski definition) is 12. The van der Waals surface area contributed by atoms with E-state index in [1.807, 2.05) is 0 Å². The molecule has 1 saturated heterocycles. The first-order valence-electron chi connectivity index (χ1n) is 11.6. The number of anilines is 3. The van der Waals surface area contributed by atoms with Gasteiger partial charge in [-0.25, -0.2) is 4.68 Å². The van der Waals surface area contributed by atoms with E-state index >= 15 is 0 Å². The molecule has 2 amide bonds. The van der Waals surface area contributed by atoms with Crippen molar-refractivity contribution in [3.8, 4) is 0 Å². The molecule has 16 heteroatoms. The van der Waals surface area contributed by atoms with Crippen LogP contribution in [0.2, 0.25) is 0 Å². The Kier molecular flexibility index (Phi) is 8.55. The van der Waals surface area contributed by atoms with E-state index in [1.54, 1.807) is 12.1 Å². The molecule has 0 saturated carbocycles. The Morgan fingerprint density at radius 2 is 2.18 bits per heavy atom. The third-order valence-corrected chi connectivity index (χ3v) is 6.04. The van der Waals surface area contributed by atoms with Gasteiger partial charge < -0.3 is 46.7 Å². The number of nitrogens with two attached hydrogens (primary N) is 3. The fraction of sp³-hybridized carbons (Fsp3) is 0.304. The van der Waals surface area contributed by atoms with E-state index in [4.69, 9.17) is 42.8 Å². The molecule has 3 aromatic rings. The highest BCUT2D eigenvalue weighted by Gasteiger charge is 2.40. The van der Waals surface area contributed by atoms with Gasteiger partial charge in [-0.2, -0.15) is 0 Å². The average molecular weight is 563 g/mol. The SMILES string of the molecule is N/C=C(\C=C(/N)OC(CO)CCl)n1ccc(N2CCOC(C(O)C(=O)Nc3ccc4c(N)noc4c3)C2=O)n1. The molecular weight excluding hydrogens is 536 g/mol. The number of nitrogens with one attached hydrogen (secondary N) is 1. The number of carbonyl (C=O) groups is 2. The molecule has 1 aliphatic rings. The maximum atomic E-state index is 13.2. The molecule has 2 aromatic heterocycles. The highest BCUT2D eigenvalue weighted by Crippen LogP contribution is 2.25. The number of ether oxygens (including phenoxy) is 2. The summed E-state index contributed by atoms with van der Waals surface area (Å²) in [6.07, 6.45) is 0.103. The van der Waals surface area contributed by atoms with Crippen LogP contribution in [0.3, 0.4) is 0 Å². The van der Waals surface area contributed by atoms with Gasteiger partial charge in [-0.3, -0.25) is 14.5 Å².